The van der Waals surface area contributed by atoms with Gasteiger partial charge in [0.2, 0.25) is 6.30 Å². The number of hydrogen-bond donors (Lipinski definition) is 0. The number of oxime groups is 1. The quantitative estimate of drug-likeness (QED) is 0.316. The predicted octanol–water partition coefficient (Wildman–Crippen LogP) is 3.78. The maximum atomic E-state index is 14.7. The summed E-state index contributed by atoms with van der Waals surface area (Å²) in [5.41, 5.74) is 0.714. The first kappa shape index (κ1) is 18.6. The number of halogens is 1. The van der Waals surface area contributed by atoms with Gasteiger partial charge in [-0.15, -0.1) is 0 Å². The molecule has 1 atom stereocenters. The Labute approximate surface area is 147 Å². The molecule has 1 aromatic carbocycles. The third-order valence-electron chi connectivity index (χ3n) is 3.07. The van der Waals surface area contributed by atoms with Crippen LogP contribution in [0.3, 0.4) is 0 Å². The summed E-state index contributed by atoms with van der Waals surface area (Å²) in [6, 6.07) is 7.02. The average molecular weight is 346 g/mol. The SMILES string of the molecule is C=CCON=C(c1ccc(OCC(C)(C)C)cc1)C(F)n1cncn1. The second kappa shape index (κ2) is 8.41. The van der Waals surface area contributed by atoms with Crippen LogP contribution in [0.1, 0.15) is 32.6 Å². The second-order valence-electron chi connectivity index (χ2n) is 6.65. The van der Waals surface area contributed by atoms with Crippen molar-refractivity contribution in [3.05, 3.63) is 55.1 Å². The minimum atomic E-state index is -1.62. The molecule has 6 nitrogen and oxygen atoms in total. The first-order valence-corrected chi connectivity index (χ1v) is 7.93. The van der Waals surface area contributed by atoms with Crippen LogP contribution >= 0.6 is 0 Å². The Morgan fingerprint density at radius 1 is 1.36 bits per heavy atom. The van der Waals surface area contributed by atoms with Gasteiger partial charge in [0, 0.05) is 5.56 Å². The third kappa shape index (κ3) is 5.70. The number of alkyl halides is 1. The van der Waals surface area contributed by atoms with Crippen LogP contribution in [-0.4, -0.2) is 33.7 Å². The van der Waals surface area contributed by atoms with E-state index in [0.29, 0.717) is 17.9 Å². The smallest absolute Gasteiger partial charge is 0.239 e. The van der Waals surface area contributed by atoms with Crippen molar-refractivity contribution in [2.45, 2.75) is 27.1 Å². The van der Waals surface area contributed by atoms with Gasteiger partial charge in [-0.05, 0) is 29.7 Å². The van der Waals surface area contributed by atoms with E-state index in [4.69, 9.17) is 9.57 Å². The Hall–Kier alpha value is -2.70. The topological polar surface area (TPSA) is 61.5 Å². The van der Waals surface area contributed by atoms with Crippen LogP contribution in [0.15, 0.2) is 54.7 Å². The lowest BCUT2D eigenvalue weighted by atomic mass is 9.99. The summed E-state index contributed by atoms with van der Waals surface area (Å²) in [4.78, 5) is 8.84. The van der Waals surface area contributed by atoms with E-state index in [1.54, 1.807) is 24.3 Å². The molecule has 0 saturated carbocycles. The Bertz CT molecular complexity index is 691. The van der Waals surface area contributed by atoms with Crippen molar-refractivity contribution in [3.63, 3.8) is 0 Å². The molecule has 0 amide bonds. The molecular weight excluding hydrogens is 323 g/mol. The van der Waals surface area contributed by atoms with Crippen molar-refractivity contribution < 1.29 is 14.0 Å². The summed E-state index contributed by atoms with van der Waals surface area (Å²) in [6.07, 6.45) is 2.47. The van der Waals surface area contributed by atoms with Crippen molar-refractivity contribution in [1.29, 1.82) is 0 Å². The Balaban J connectivity index is 2.19. The predicted molar refractivity (Wildman–Crippen MR) is 94.2 cm³/mol. The molecule has 0 saturated heterocycles. The molecule has 0 fully saturated rings. The number of benzene rings is 1. The van der Waals surface area contributed by atoms with Gasteiger partial charge in [0.1, 0.15) is 30.7 Å². The van der Waals surface area contributed by atoms with Gasteiger partial charge in [-0.3, -0.25) is 0 Å². The molecular formula is C18H23FN4O2. The van der Waals surface area contributed by atoms with E-state index in [2.05, 4.69) is 42.6 Å². The molecule has 0 radical (unpaired) electrons. The number of hydrogen-bond acceptors (Lipinski definition) is 5. The molecule has 2 aromatic rings. The van der Waals surface area contributed by atoms with Gasteiger partial charge < -0.3 is 9.57 Å². The van der Waals surface area contributed by atoms with E-state index in [1.165, 1.54) is 18.7 Å². The summed E-state index contributed by atoms with van der Waals surface area (Å²) < 4.78 is 21.5. The van der Waals surface area contributed by atoms with Gasteiger partial charge in [0.05, 0.1) is 6.61 Å². The molecule has 0 N–H and O–H groups in total. The van der Waals surface area contributed by atoms with E-state index in [1.807, 2.05) is 0 Å². The Kier molecular flexibility index (Phi) is 6.27. The van der Waals surface area contributed by atoms with Crippen LogP contribution in [0.5, 0.6) is 5.75 Å². The van der Waals surface area contributed by atoms with Crippen molar-refractivity contribution >= 4 is 5.71 Å². The average Bonchev–Trinajstić information content (AvgIpc) is 3.11. The fourth-order valence-electron chi connectivity index (χ4n) is 1.87. The first-order valence-electron chi connectivity index (χ1n) is 7.93. The molecule has 134 valence electrons. The molecule has 0 aliphatic heterocycles. The zero-order valence-corrected chi connectivity index (χ0v) is 14.7. The Morgan fingerprint density at radius 2 is 2.08 bits per heavy atom. The fourth-order valence-corrected chi connectivity index (χ4v) is 1.87. The molecule has 0 bridgehead atoms. The molecule has 1 aromatic heterocycles. The number of ether oxygens (including phenoxy) is 1. The van der Waals surface area contributed by atoms with Crippen molar-refractivity contribution in [3.8, 4) is 5.75 Å². The largest absolute Gasteiger partial charge is 0.493 e. The highest BCUT2D eigenvalue weighted by Gasteiger charge is 2.21. The van der Waals surface area contributed by atoms with Crippen LogP contribution in [-0.2, 0) is 4.84 Å². The highest BCUT2D eigenvalue weighted by atomic mass is 19.1. The van der Waals surface area contributed by atoms with Gasteiger partial charge in [-0.2, -0.15) is 5.10 Å². The molecule has 1 heterocycles. The van der Waals surface area contributed by atoms with E-state index >= 15 is 0 Å². The molecule has 7 heteroatoms. The van der Waals surface area contributed by atoms with Crippen LogP contribution in [0.2, 0.25) is 0 Å². The fraction of sp³-hybridized carbons (Fsp3) is 0.389. The van der Waals surface area contributed by atoms with Gasteiger partial charge in [0.15, 0.2) is 0 Å². The molecule has 0 aliphatic rings. The van der Waals surface area contributed by atoms with Crippen LogP contribution in [0.4, 0.5) is 4.39 Å². The van der Waals surface area contributed by atoms with Gasteiger partial charge in [-0.25, -0.2) is 14.1 Å². The Morgan fingerprint density at radius 3 is 2.64 bits per heavy atom. The van der Waals surface area contributed by atoms with Crippen molar-refractivity contribution in [2.24, 2.45) is 10.6 Å². The van der Waals surface area contributed by atoms with E-state index in [0.717, 1.165) is 4.68 Å². The standard InChI is InChI=1S/C18H23FN4O2/c1-5-10-25-22-16(17(19)23-13-20-12-21-23)14-6-8-15(9-7-14)24-11-18(2,3)4/h5-9,12-13,17H,1,10-11H2,2-4H3. The summed E-state index contributed by atoms with van der Waals surface area (Å²) in [7, 11) is 0. The van der Waals surface area contributed by atoms with E-state index < -0.39 is 6.30 Å². The third-order valence-corrected chi connectivity index (χ3v) is 3.07. The lowest BCUT2D eigenvalue weighted by molar-refractivity contribution is 0.168. The highest BCUT2D eigenvalue weighted by Crippen LogP contribution is 2.21. The number of rotatable bonds is 8. The first-order chi connectivity index (χ1) is 11.9. The minimum Gasteiger partial charge on any atom is -0.493 e. The zero-order chi connectivity index (χ0) is 18.3. The molecule has 25 heavy (non-hydrogen) atoms. The van der Waals surface area contributed by atoms with Crippen LogP contribution in [0.25, 0.3) is 0 Å². The normalized spacial score (nSPS) is 13.4. The van der Waals surface area contributed by atoms with Gasteiger partial charge >= 0.3 is 0 Å². The maximum Gasteiger partial charge on any atom is 0.239 e. The van der Waals surface area contributed by atoms with Crippen molar-refractivity contribution in [1.82, 2.24) is 14.8 Å². The number of aromatic nitrogens is 3. The lowest BCUT2D eigenvalue weighted by Crippen LogP contribution is -2.18. The lowest BCUT2D eigenvalue weighted by Gasteiger charge is -2.19. The second-order valence-corrected chi connectivity index (χ2v) is 6.65. The number of nitrogens with zero attached hydrogens (tertiary/aromatic N) is 4. The van der Waals surface area contributed by atoms with Gasteiger partial charge in [0.25, 0.3) is 0 Å². The summed E-state index contributed by atoms with van der Waals surface area (Å²) in [5.74, 6) is 0.709. The maximum absolute atomic E-state index is 14.7. The summed E-state index contributed by atoms with van der Waals surface area (Å²) in [6.45, 7) is 10.6. The van der Waals surface area contributed by atoms with E-state index in [-0.39, 0.29) is 17.7 Å². The minimum absolute atomic E-state index is 0.0565. The van der Waals surface area contributed by atoms with E-state index in [9.17, 15) is 4.39 Å². The van der Waals surface area contributed by atoms with Crippen molar-refractivity contribution in [2.75, 3.05) is 13.2 Å². The van der Waals surface area contributed by atoms with Crippen LogP contribution < -0.4 is 4.74 Å². The highest BCUT2D eigenvalue weighted by molar-refractivity contribution is 6.02. The monoisotopic (exact) mass is 346 g/mol. The molecule has 0 spiro atoms. The molecule has 0 aliphatic carbocycles. The molecule has 2 rings (SSSR count). The van der Waals surface area contributed by atoms with Gasteiger partial charge in [-0.1, -0.05) is 38.6 Å². The van der Waals surface area contributed by atoms with Crippen LogP contribution in [0, 0.1) is 5.41 Å². The summed E-state index contributed by atoms with van der Waals surface area (Å²) in [5, 5.41) is 7.71. The molecule has 1 unspecified atom stereocenters. The zero-order valence-electron chi connectivity index (χ0n) is 14.7. The summed E-state index contributed by atoms with van der Waals surface area (Å²) >= 11 is 0.